The van der Waals surface area contributed by atoms with Gasteiger partial charge >= 0.3 is 0 Å². The summed E-state index contributed by atoms with van der Waals surface area (Å²) in [6.07, 6.45) is 4.41. The van der Waals surface area contributed by atoms with Gasteiger partial charge in [0.05, 0.1) is 17.4 Å². The molecule has 0 N–H and O–H groups in total. The Labute approximate surface area is 159 Å². The summed E-state index contributed by atoms with van der Waals surface area (Å²) in [6, 6.07) is 18.7. The molecule has 4 rings (SSSR count). The van der Waals surface area contributed by atoms with Crippen molar-refractivity contribution in [2.24, 2.45) is 0 Å². The minimum Gasteiger partial charge on any atom is -0.340 e. The predicted molar refractivity (Wildman–Crippen MR) is 106 cm³/mol. The van der Waals surface area contributed by atoms with Crippen LogP contribution in [0, 0.1) is 0 Å². The summed E-state index contributed by atoms with van der Waals surface area (Å²) in [5.74, 6) is 0.00411. The van der Waals surface area contributed by atoms with Crippen molar-refractivity contribution in [2.45, 2.75) is 19.0 Å². The van der Waals surface area contributed by atoms with Crippen LogP contribution in [0.4, 0.5) is 0 Å². The molecule has 0 saturated heterocycles. The molecule has 5 nitrogen and oxygen atoms in total. The van der Waals surface area contributed by atoms with Crippen LogP contribution in [0.1, 0.15) is 21.5 Å². The van der Waals surface area contributed by atoms with Gasteiger partial charge in [0.25, 0.3) is 5.91 Å². The summed E-state index contributed by atoms with van der Waals surface area (Å²) in [6.45, 7) is 1.62. The van der Waals surface area contributed by atoms with Gasteiger partial charge < -0.3 is 4.90 Å². The van der Waals surface area contributed by atoms with Crippen molar-refractivity contribution in [2.75, 3.05) is 20.6 Å². The number of hydrogen-bond acceptors (Lipinski definition) is 3. The van der Waals surface area contributed by atoms with E-state index in [9.17, 15) is 4.79 Å². The number of amides is 1. The molecule has 1 atom stereocenters. The predicted octanol–water partition coefficient (Wildman–Crippen LogP) is 3.00. The van der Waals surface area contributed by atoms with Gasteiger partial charge in [-0.25, -0.2) is 4.68 Å². The molecular formula is C22H24N4O. The van der Waals surface area contributed by atoms with Gasteiger partial charge in [-0.2, -0.15) is 5.10 Å². The fraction of sp³-hybridized carbons (Fsp3) is 0.273. The highest BCUT2D eigenvalue weighted by atomic mass is 16.2. The molecule has 0 spiro atoms. The molecule has 1 aromatic heterocycles. The van der Waals surface area contributed by atoms with E-state index in [1.54, 1.807) is 22.0 Å². The second-order valence-electron chi connectivity index (χ2n) is 7.24. The average molecular weight is 360 g/mol. The molecule has 1 aliphatic heterocycles. The normalized spacial score (nSPS) is 16.7. The Hall–Kier alpha value is -2.92. The van der Waals surface area contributed by atoms with Crippen LogP contribution in [0.5, 0.6) is 0 Å². The lowest BCUT2D eigenvalue weighted by atomic mass is 9.94. The maximum atomic E-state index is 12.9. The van der Waals surface area contributed by atoms with Crippen molar-refractivity contribution < 1.29 is 4.79 Å². The number of aromatic nitrogens is 2. The van der Waals surface area contributed by atoms with Crippen LogP contribution in [0.3, 0.4) is 0 Å². The van der Waals surface area contributed by atoms with Crippen LogP contribution in [-0.2, 0) is 13.0 Å². The first-order chi connectivity index (χ1) is 13.1. The number of nitrogens with zero attached hydrogens (tertiary/aromatic N) is 4. The second-order valence-corrected chi connectivity index (χ2v) is 7.24. The first-order valence-electron chi connectivity index (χ1n) is 9.24. The van der Waals surface area contributed by atoms with Gasteiger partial charge in [-0.05, 0) is 36.7 Å². The SMILES string of the molecule is CN(C[C@@H]1Cc2ccccc2CN1C)C(=O)c1cnn(-c2ccccc2)c1. The fourth-order valence-corrected chi connectivity index (χ4v) is 3.70. The molecule has 0 saturated carbocycles. The van der Waals surface area contributed by atoms with E-state index in [1.165, 1.54) is 11.1 Å². The van der Waals surface area contributed by atoms with E-state index >= 15 is 0 Å². The Kier molecular flexibility index (Phi) is 4.77. The summed E-state index contributed by atoms with van der Waals surface area (Å²) in [7, 11) is 4.00. The van der Waals surface area contributed by atoms with E-state index in [0.717, 1.165) is 18.7 Å². The maximum absolute atomic E-state index is 12.9. The molecule has 138 valence electrons. The second kappa shape index (κ2) is 7.37. The minimum absolute atomic E-state index is 0.00411. The largest absolute Gasteiger partial charge is 0.340 e. The number of hydrogen-bond donors (Lipinski definition) is 0. The molecule has 5 heteroatoms. The number of likely N-dealkylation sites (N-methyl/N-ethyl adjacent to an activating group) is 2. The third kappa shape index (κ3) is 3.64. The molecule has 0 fully saturated rings. The zero-order chi connectivity index (χ0) is 18.8. The number of carbonyl (C=O) groups excluding carboxylic acids is 1. The molecular weight excluding hydrogens is 336 g/mol. The summed E-state index contributed by atoms with van der Waals surface area (Å²) >= 11 is 0. The molecule has 2 aromatic carbocycles. The Morgan fingerprint density at radius 2 is 1.81 bits per heavy atom. The zero-order valence-electron chi connectivity index (χ0n) is 15.7. The molecule has 0 aliphatic carbocycles. The molecule has 0 radical (unpaired) electrons. The van der Waals surface area contributed by atoms with Gasteiger partial charge in [-0.1, -0.05) is 42.5 Å². The highest BCUT2D eigenvalue weighted by Gasteiger charge is 2.26. The van der Waals surface area contributed by atoms with Crippen molar-refractivity contribution in [3.8, 4) is 5.69 Å². The summed E-state index contributed by atoms with van der Waals surface area (Å²) in [4.78, 5) is 17.0. The van der Waals surface area contributed by atoms with Crippen molar-refractivity contribution in [1.29, 1.82) is 0 Å². The van der Waals surface area contributed by atoms with E-state index in [-0.39, 0.29) is 5.91 Å². The van der Waals surface area contributed by atoms with Crippen LogP contribution in [0.25, 0.3) is 5.69 Å². The van der Waals surface area contributed by atoms with Gasteiger partial charge in [0.15, 0.2) is 0 Å². The highest BCUT2D eigenvalue weighted by Crippen LogP contribution is 2.22. The number of carbonyl (C=O) groups is 1. The lowest BCUT2D eigenvalue weighted by Crippen LogP contribution is -2.46. The van der Waals surface area contributed by atoms with Crippen molar-refractivity contribution in [3.63, 3.8) is 0 Å². The van der Waals surface area contributed by atoms with Gasteiger partial charge in [0.1, 0.15) is 0 Å². The van der Waals surface area contributed by atoms with Gasteiger partial charge in [0.2, 0.25) is 0 Å². The van der Waals surface area contributed by atoms with E-state index in [1.807, 2.05) is 37.4 Å². The molecule has 1 amide bonds. The first-order valence-corrected chi connectivity index (χ1v) is 9.24. The van der Waals surface area contributed by atoms with E-state index < -0.39 is 0 Å². The smallest absolute Gasteiger partial charge is 0.256 e. The quantitative estimate of drug-likeness (QED) is 0.718. The van der Waals surface area contributed by atoms with E-state index in [0.29, 0.717) is 18.2 Å². The van der Waals surface area contributed by atoms with Crippen molar-refractivity contribution in [3.05, 3.63) is 83.7 Å². The monoisotopic (exact) mass is 360 g/mol. The molecule has 0 unspecified atom stereocenters. The maximum Gasteiger partial charge on any atom is 0.256 e. The number of rotatable bonds is 4. The van der Waals surface area contributed by atoms with Gasteiger partial charge in [-0.15, -0.1) is 0 Å². The van der Waals surface area contributed by atoms with Gasteiger partial charge in [-0.3, -0.25) is 9.69 Å². The van der Waals surface area contributed by atoms with Crippen molar-refractivity contribution >= 4 is 5.91 Å². The number of benzene rings is 2. The Morgan fingerprint density at radius 3 is 2.59 bits per heavy atom. The average Bonchev–Trinajstić information content (AvgIpc) is 3.19. The Balaban J connectivity index is 1.45. The topological polar surface area (TPSA) is 41.4 Å². The van der Waals surface area contributed by atoms with E-state index in [2.05, 4.69) is 41.3 Å². The minimum atomic E-state index is 0.00411. The number of para-hydroxylation sites is 1. The summed E-state index contributed by atoms with van der Waals surface area (Å²) in [5.41, 5.74) is 4.33. The van der Waals surface area contributed by atoms with Crippen LogP contribution >= 0.6 is 0 Å². The van der Waals surface area contributed by atoms with Gasteiger partial charge in [0, 0.05) is 32.4 Å². The van der Waals surface area contributed by atoms with E-state index in [4.69, 9.17) is 0 Å². The third-order valence-electron chi connectivity index (χ3n) is 5.30. The number of fused-ring (bicyclic) bond motifs is 1. The van der Waals surface area contributed by atoms with Crippen molar-refractivity contribution in [1.82, 2.24) is 19.6 Å². The van der Waals surface area contributed by atoms with Crippen LogP contribution in [0.15, 0.2) is 67.0 Å². The summed E-state index contributed by atoms with van der Waals surface area (Å²) < 4.78 is 1.74. The summed E-state index contributed by atoms with van der Waals surface area (Å²) in [5, 5.41) is 4.34. The lowest BCUT2D eigenvalue weighted by Gasteiger charge is -2.36. The van der Waals surface area contributed by atoms with Crippen LogP contribution in [-0.4, -0.2) is 52.2 Å². The zero-order valence-corrected chi connectivity index (χ0v) is 15.7. The highest BCUT2D eigenvalue weighted by molar-refractivity contribution is 5.93. The standard InChI is InChI=1S/C22H24N4O/c1-24-14-18-9-7-6-8-17(18)12-21(24)16-25(2)22(27)19-13-23-26(15-19)20-10-4-3-5-11-20/h3-11,13,15,21H,12,14,16H2,1-2H3/t21-/m0/s1. The Bertz CT molecular complexity index is 934. The lowest BCUT2D eigenvalue weighted by molar-refractivity contribution is 0.0733. The van der Waals surface area contributed by atoms with Crippen LogP contribution < -0.4 is 0 Å². The first kappa shape index (κ1) is 17.5. The fourth-order valence-electron chi connectivity index (χ4n) is 3.70. The Morgan fingerprint density at radius 1 is 1.11 bits per heavy atom. The van der Waals surface area contributed by atoms with Crippen LogP contribution in [0.2, 0.25) is 0 Å². The molecule has 0 bridgehead atoms. The molecule has 3 aromatic rings. The molecule has 2 heterocycles. The third-order valence-corrected chi connectivity index (χ3v) is 5.30. The molecule has 1 aliphatic rings. The molecule has 27 heavy (non-hydrogen) atoms.